The second kappa shape index (κ2) is 7.31. The Bertz CT molecular complexity index is 663. The monoisotopic (exact) mass is 340 g/mol. The molecule has 0 bridgehead atoms. The van der Waals surface area contributed by atoms with Gasteiger partial charge in [-0.3, -0.25) is 4.79 Å². The topological polar surface area (TPSA) is 66.9 Å². The third kappa shape index (κ3) is 3.50. The van der Waals surface area contributed by atoms with Crippen LogP contribution in [0.1, 0.15) is 37.0 Å². The van der Waals surface area contributed by atoms with E-state index in [1.54, 1.807) is 24.8 Å². The summed E-state index contributed by atoms with van der Waals surface area (Å²) >= 11 is 0. The van der Waals surface area contributed by atoms with Crippen LogP contribution in [-0.4, -0.2) is 56.8 Å². The summed E-state index contributed by atoms with van der Waals surface area (Å²) in [7, 11) is -2.12. The van der Waals surface area contributed by atoms with E-state index in [9.17, 15) is 13.2 Å². The summed E-state index contributed by atoms with van der Waals surface area (Å²) in [5, 5.41) is 0. The molecule has 0 spiro atoms. The molecule has 0 saturated carbocycles. The second-order valence-corrected chi connectivity index (χ2v) is 7.39. The Kier molecular flexibility index (Phi) is 5.64. The predicted octanol–water partition coefficient (Wildman–Crippen LogP) is 1.96. The Balaban J connectivity index is 2.44. The highest BCUT2D eigenvalue weighted by Crippen LogP contribution is 2.26. The number of rotatable bonds is 6. The molecule has 0 N–H and O–H groups in total. The van der Waals surface area contributed by atoms with E-state index >= 15 is 0 Å². The molecule has 1 fully saturated rings. The molecule has 1 heterocycles. The summed E-state index contributed by atoms with van der Waals surface area (Å²) < 4.78 is 31.9. The zero-order valence-corrected chi connectivity index (χ0v) is 14.7. The van der Waals surface area contributed by atoms with Crippen molar-refractivity contribution in [1.82, 2.24) is 9.21 Å². The molecule has 7 heteroatoms. The average Bonchev–Trinajstić information content (AvgIpc) is 3.08. The summed E-state index contributed by atoms with van der Waals surface area (Å²) in [6, 6.07) is 4.49. The van der Waals surface area contributed by atoms with Crippen molar-refractivity contribution in [2.75, 3.05) is 33.3 Å². The van der Waals surface area contributed by atoms with Crippen LogP contribution in [0.5, 0.6) is 5.75 Å². The van der Waals surface area contributed by atoms with Gasteiger partial charge < -0.3 is 9.64 Å². The zero-order valence-electron chi connectivity index (χ0n) is 13.9. The number of benzene rings is 1. The Morgan fingerprint density at radius 3 is 2.35 bits per heavy atom. The highest BCUT2D eigenvalue weighted by Gasteiger charge is 2.27. The first-order valence-corrected chi connectivity index (χ1v) is 9.37. The van der Waals surface area contributed by atoms with E-state index in [4.69, 9.17) is 4.74 Å². The van der Waals surface area contributed by atoms with Gasteiger partial charge in [-0.25, -0.2) is 8.42 Å². The van der Waals surface area contributed by atoms with E-state index in [1.165, 1.54) is 23.5 Å². The standard InChI is InChI=1S/C16H24N2O4S/c1-4-18(5-2)23(20,21)13-8-9-15(22-3)14(12-13)16(19)17-10-6-7-11-17/h8-9,12H,4-7,10-11H2,1-3H3. The number of likely N-dealkylation sites (tertiary alicyclic amines) is 1. The van der Waals surface area contributed by atoms with Crippen LogP contribution in [0.3, 0.4) is 0 Å². The van der Waals surface area contributed by atoms with Gasteiger partial charge in [0.15, 0.2) is 0 Å². The first-order valence-electron chi connectivity index (χ1n) is 7.93. The van der Waals surface area contributed by atoms with Gasteiger partial charge >= 0.3 is 0 Å². The van der Waals surface area contributed by atoms with Gasteiger partial charge in [0.05, 0.1) is 17.6 Å². The van der Waals surface area contributed by atoms with Gasteiger partial charge in [-0.15, -0.1) is 0 Å². The Hall–Kier alpha value is -1.60. The SMILES string of the molecule is CCN(CC)S(=O)(=O)c1ccc(OC)c(C(=O)N2CCCC2)c1. The van der Waals surface area contributed by atoms with E-state index in [-0.39, 0.29) is 10.8 Å². The largest absolute Gasteiger partial charge is 0.496 e. The van der Waals surface area contributed by atoms with Crippen LogP contribution in [0.15, 0.2) is 23.1 Å². The van der Waals surface area contributed by atoms with E-state index in [0.717, 1.165) is 12.8 Å². The van der Waals surface area contributed by atoms with Gasteiger partial charge in [0.1, 0.15) is 5.75 Å². The molecule has 23 heavy (non-hydrogen) atoms. The molecule has 1 aromatic rings. The van der Waals surface area contributed by atoms with E-state index in [1.807, 2.05) is 0 Å². The number of ether oxygens (including phenoxy) is 1. The first-order chi connectivity index (χ1) is 11.0. The fraction of sp³-hybridized carbons (Fsp3) is 0.562. The van der Waals surface area contributed by atoms with Gasteiger partial charge in [-0.2, -0.15) is 4.31 Å². The molecule has 0 atom stereocenters. The lowest BCUT2D eigenvalue weighted by Gasteiger charge is -2.21. The van der Waals surface area contributed by atoms with Crippen LogP contribution < -0.4 is 4.74 Å². The lowest BCUT2D eigenvalue weighted by Crippen LogP contribution is -2.31. The predicted molar refractivity (Wildman–Crippen MR) is 88.2 cm³/mol. The van der Waals surface area contributed by atoms with Crippen molar-refractivity contribution >= 4 is 15.9 Å². The molecule has 1 aliphatic rings. The second-order valence-electron chi connectivity index (χ2n) is 5.45. The van der Waals surface area contributed by atoms with Crippen molar-refractivity contribution < 1.29 is 17.9 Å². The zero-order chi connectivity index (χ0) is 17.0. The maximum Gasteiger partial charge on any atom is 0.257 e. The molecule has 1 aromatic carbocycles. The quantitative estimate of drug-likeness (QED) is 0.794. The highest BCUT2D eigenvalue weighted by molar-refractivity contribution is 7.89. The lowest BCUT2D eigenvalue weighted by atomic mass is 10.1. The van der Waals surface area contributed by atoms with Gasteiger partial charge in [-0.1, -0.05) is 13.8 Å². The number of amides is 1. The van der Waals surface area contributed by atoms with Gasteiger partial charge in [-0.05, 0) is 31.0 Å². The average molecular weight is 340 g/mol. The van der Waals surface area contributed by atoms with Crippen LogP contribution in [0.25, 0.3) is 0 Å². The molecule has 1 saturated heterocycles. The Morgan fingerprint density at radius 2 is 1.83 bits per heavy atom. The molecule has 128 valence electrons. The van der Waals surface area contributed by atoms with Crippen LogP contribution in [-0.2, 0) is 10.0 Å². The van der Waals surface area contributed by atoms with Crippen LogP contribution in [0.4, 0.5) is 0 Å². The van der Waals surface area contributed by atoms with E-state index in [0.29, 0.717) is 37.5 Å². The highest BCUT2D eigenvalue weighted by atomic mass is 32.2. The molecule has 2 rings (SSSR count). The summed E-state index contributed by atoms with van der Waals surface area (Å²) in [5.74, 6) is 0.233. The van der Waals surface area contributed by atoms with Gasteiger partial charge in [0.2, 0.25) is 10.0 Å². The minimum absolute atomic E-state index is 0.129. The first kappa shape index (κ1) is 17.7. The Morgan fingerprint density at radius 1 is 1.22 bits per heavy atom. The van der Waals surface area contributed by atoms with Crippen molar-refractivity contribution in [2.45, 2.75) is 31.6 Å². The molecular weight excluding hydrogens is 316 g/mol. The number of sulfonamides is 1. The summed E-state index contributed by atoms with van der Waals surface area (Å²) in [5.41, 5.74) is 0.308. The third-order valence-electron chi connectivity index (χ3n) is 4.14. The number of hydrogen-bond acceptors (Lipinski definition) is 4. The maximum atomic E-state index is 12.7. The number of methoxy groups -OCH3 is 1. The molecular formula is C16H24N2O4S. The summed E-state index contributed by atoms with van der Waals surface area (Å²) in [6.07, 6.45) is 1.96. The van der Waals surface area contributed by atoms with Gasteiger partial charge in [0.25, 0.3) is 5.91 Å². The molecule has 1 amide bonds. The molecule has 0 aliphatic carbocycles. The lowest BCUT2D eigenvalue weighted by molar-refractivity contribution is 0.0789. The number of nitrogens with zero attached hydrogens (tertiary/aromatic N) is 2. The molecule has 6 nitrogen and oxygen atoms in total. The Labute approximate surface area is 138 Å². The van der Waals surface area contributed by atoms with Crippen molar-refractivity contribution in [3.63, 3.8) is 0 Å². The van der Waals surface area contributed by atoms with Gasteiger partial charge in [0, 0.05) is 26.2 Å². The van der Waals surface area contributed by atoms with Crippen molar-refractivity contribution in [3.05, 3.63) is 23.8 Å². The fourth-order valence-corrected chi connectivity index (χ4v) is 4.30. The van der Waals surface area contributed by atoms with Crippen molar-refractivity contribution in [2.24, 2.45) is 0 Å². The number of hydrogen-bond donors (Lipinski definition) is 0. The van der Waals surface area contributed by atoms with Crippen LogP contribution in [0.2, 0.25) is 0 Å². The minimum atomic E-state index is -3.60. The van der Waals surface area contributed by atoms with Crippen molar-refractivity contribution in [3.8, 4) is 5.75 Å². The fourth-order valence-electron chi connectivity index (χ4n) is 2.82. The van der Waals surface area contributed by atoms with Crippen LogP contribution in [0, 0.1) is 0 Å². The molecule has 0 unspecified atom stereocenters. The maximum absolute atomic E-state index is 12.7. The number of carbonyl (C=O) groups is 1. The van der Waals surface area contributed by atoms with Crippen LogP contribution >= 0.6 is 0 Å². The van der Waals surface area contributed by atoms with Crippen molar-refractivity contribution in [1.29, 1.82) is 0 Å². The minimum Gasteiger partial charge on any atom is -0.496 e. The third-order valence-corrected chi connectivity index (χ3v) is 6.18. The smallest absolute Gasteiger partial charge is 0.257 e. The number of carbonyl (C=O) groups excluding carboxylic acids is 1. The van der Waals surface area contributed by atoms with E-state index < -0.39 is 10.0 Å². The van der Waals surface area contributed by atoms with E-state index in [2.05, 4.69) is 0 Å². The summed E-state index contributed by atoms with van der Waals surface area (Å²) in [6.45, 7) is 5.77. The summed E-state index contributed by atoms with van der Waals surface area (Å²) in [4.78, 5) is 14.5. The molecule has 1 aliphatic heterocycles. The molecule has 0 aromatic heterocycles. The normalized spacial score (nSPS) is 15.2. The molecule has 0 radical (unpaired) electrons.